The molecule has 0 bridgehead atoms. The van der Waals surface area contributed by atoms with E-state index in [0.717, 1.165) is 11.1 Å². The van der Waals surface area contributed by atoms with Crippen molar-refractivity contribution in [2.45, 2.75) is 20.8 Å². The molecule has 0 saturated heterocycles. The van der Waals surface area contributed by atoms with Crippen LogP contribution in [0.4, 0.5) is 5.69 Å². The number of carbonyl (C=O) groups excluding carboxylic acids is 1. The SMILES string of the molecule is Cc1cc(C)cc(C(=O)Nc2ccc(C(=O)O)c(C)c2)c1. The van der Waals surface area contributed by atoms with Gasteiger partial charge in [-0.25, -0.2) is 4.79 Å². The van der Waals surface area contributed by atoms with Crippen LogP contribution in [0.1, 0.15) is 37.4 Å². The van der Waals surface area contributed by atoms with Crippen molar-refractivity contribution >= 4 is 17.6 Å². The van der Waals surface area contributed by atoms with Gasteiger partial charge in [-0.05, 0) is 56.7 Å². The summed E-state index contributed by atoms with van der Waals surface area (Å²) < 4.78 is 0. The minimum Gasteiger partial charge on any atom is -0.478 e. The summed E-state index contributed by atoms with van der Waals surface area (Å²) in [6.45, 7) is 5.58. The fraction of sp³-hybridized carbons (Fsp3) is 0.176. The number of anilines is 1. The monoisotopic (exact) mass is 283 g/mol. The first kappa shape index (κ1) is 14.8. The molecule has 0 saturated carbocycles. The average Bonchev–Trinajstić information content (AvgIpc) is 2.37. The van der Waals surface area contributed by atoms with E-state index in [1.807, 2.05) is 32.0 Å². The maximum atomic E-state index is 12.2. The number of rotatable bonds is 3. The zero-order chi connectivity index (χ0) is 15.6. The number of carboxylic acid groups (broad SMARTS) is 1. The smallest absolute Gasteiger partial charge is 0.335 e. The van der Waals surface area contributed by atoms with Crippen LogP contribution in [-0.2, 0) is 0 Å². The first-order chi connectivity index (χ1) is 9.86. The summed E-state index contributed by atoms with van der Waals surface area (Å²) in [6.07, 6.45) is 0. The maximum Gasteiger partial charge on any atom is 0.335 e. The number of hydrogen-bond donors (Lipinski definition) is 2. The fourth-order valence-electron chi connectivity index (χ4n) is 2.29. The van der Waals surface area contributed by atoms with Crippen molar-refractivity contribution < 1.29 is 14.7 Å². The molecule has 0 aromatic heterocycles. The highest BCUT2D eigenvalue weighted by molar-refractivity contribution is 6.04. The van der Waals surface area contributed by atoms with Crippen LogP contribution in [0.3, 0.4) is 0 Å². The van der Waals surface area contributed by atoms with Gasteiger partial charge in [-0.3, -0.25) is 4.79 Å². The Labute approximate surface area is 123 Å². The maximum absolute atomic E-state index is 12.2. The van der Waals surface area contributed by atoms with Crippen LogP contribution in [0.25, 0.3) is 0 Å². The normalized spacial score (nSPS) is 10.2. The molecule has 2 N–H and O–H groups in total. The lowest BCUT2D eigenvalue weighted by Gasteiger charge is -2.09. The van der Waals surface area contributed by atoms with E-state index in [1.165, 1.54) is 6.07 Å². The Balaban J connectivity index is 2.23. The largest absolute Gasteiger partial charge is 0.478 e. The molecule has 0 fully saturated rings. The molecular formula is C17H17NO3. The summed E-state index contributed by atoms with van der Waals surface area (Å²) in [7, 11) is 0. The lowest BCUT2D eigenvalue weighted by atomic mass is 10.1. The zero-order valence-corrected chi connectivity index (χ0v) is 12.2. The van der Waals surface area contributed by atoms with Gasteiger partial charge in [-0.15, -0.1) is 0 Å². The Morgan fingerprint density at radius 2 is 1.57 bits per heavy atom. The highest BCUT2D eigenvalue weighted by Crippen LogP contribution is 2.17. The van der Waals surface area contributed by atoms with Crippen molar-refractivity contribution in [1.82, 2.24) is 0 Å². The minimum atomic E-state index is -0.973. The summed E-state index contributed by atoms with van der Waals surface area (Å²) in [4.78, 5) is 23.2. The first-order valence-electron chi connectivity index (χ1n) is 6.60. The third kappa shape index (κ3) is 3.48. The summed E-state index contributed by atoms with van der Waals surface area (Å²) in [5.41, 5.74) is 4.07. The first-order valence-corrected chi connectivity index (χ1v) is 6.60. The van der Waals surface area contributed by atoms with E-state index in [4.69, 9.17) is 5.11 Å². The van der Waals surface area contributed by atoms with Gasteiger partial charge in [0.1, 0.15) is 0 Å². The van der Waals surface area contributed by atoms with Crippen LogP contribution in [0.2, 0.25) is 0 Å². The number of carboxylic acids is 1. The molecule has 0 atom stereocenters. The molecule has 2 aromatic rings. The summed E-state index contributed by atoms with van der Waals surface area (Å²) in [6, 6.07) is 10.4. The minimum absolute atomic E-state index is 0.204. The van der Waals surface area contributed by atoms with Gasteiger partial charge < -0.3 is 10.4 Å². The Hall–Kier alpha value is -2.62. The number of carbonyl (C=O) groups is 2. The standard InChI is InChI=1S/C17H17NO3/c1-10-6-11(2)8-13(7-10)16(19)18-14-4-5-15(17(20)21)12(3)9-14/h4-9H,1-3H3,(H,18,19)(H,20,21). The topological polar surface area (TPSA) is 66.4 Å². The van der Waals surface area contributed by atoms with E-state index in [0.29, 0.717) is 16.8 Å². The van der Waals surface area contributed by atoms with E-state index in [2.05, 4.69) is 5.32 Å². The number of nitrogens with one attached hydrogen (secondary N) is 1. The van der Waals surface area contributed by atoms with Gasteiger partial charge >= 0.3 is 5.97 Å². The molecule has 0 spiro atoms. The van der Waals surface area contributed by atoms with Crippen LogP contribution in [0.15, 0.2) is 36.4 Å². The second kappa shape index (κ2) is 5.79. The molecular weight excluding hydrogens is 266 g/mol. The molecule has 4 heteroatoms. The van der Waals surface area contributed by atoms with Crippen LogP contribution >= 0.6 is 0 Å². The lowest BCUT2D eigenvalue weighted by Crippen LogP contribution is -2.13. The molecule has 2 rings (SSSR count). The van der Waals surface area contributed by atoms with Crippen LogP contribution in [0, 0.1) is 20.8 Å². The second-order valence-corrected chi connectivity index (χ2v) is 5.17. The third-order valence-electron chi connectivity index (χ3n) is 3.20. The zero-order valence-electron chi connectivity index (χ0n) is 12.2. The average molecular weight is 283 g/mol. The number of benzene rings is 2. The Bertz CT molecular complexity index is 700. The molecule has 0 aliphatic heterocycles. The van der Waals surface area contributed by atoms with Crippen molar-refractivity contribution in [3.8, 4) is 0 Å². The van der Waals surface area contributed by atoms with E-state index >= 15 is 0 Å². The fourth-order valence-corrected chi connectivity index (χ4v) is 2.29. The number of aromatic carboxylic acids is 1. The van der Waals surface area contributed by atoms with E-state index in [9.17, 15) is 9.59 Å². The predicted octanol–water partition coefficient (Wildman–Crippen LogP) is 3.56. The molecule has 4 nitrogen and oxygen atoms in total. The molecule has 1 amide bonds. The molecule has 0 aliphatic rings. The summed E-state index contributed by atoms with van der Waals surface area (Å²) in [5.74, 6) is -1.18. The quantitative estimate of drug-likeness (QED) is 0.905. The third-order valence-corrected chi connectivity index (χ3v) is 3.20. The van der Waals surface area contributed by atoms with Gasteiger partial charge in [0, 0.05) is 11.3 Å². The van der Waals surface area contributed by atoms with Crippen molar-refractivity contribution in [3.63, 3.8) is 0 Å². The second-order valence-electron chi connectivity index (χ2n) is 5.17. The van der Waals surface area contributed by atoms with Gasteiger partial charge in [0.15, 0.2) is 0 Å². The highest BCUT2D eigenvalue weighted by atomic mass is 16.4. The predicted molar refractivity (Wildman–Crippen MR) is 82.0 cm³/mol. The van der Waals surface area contributed by atoms with Gasteiger partial charge in [0.2, 0.25) is 0 Å². The molecule has 0 heterocycles. The summed E-state index contributed by atoms with van der Waals surface area (Å²) in [5, 5.41) is 11.8. The number of aryl methyl sites for hydroxylation is 3. The highest BCUT2D eigenvalue weighted by Gasteiger charge is 2.10. The number of amides is 1. The Kier molecular flexibility index (Phi) is 4.08. The van der Waals surface area contributed by atoms with Crippen LogP contribution in [0.5, 0.6) is 0 Å². The molecule has 0 radical (unpaired) electrons. The van der Waals surface area contributed by atoms with Crippen LogP contribution < -0.4 is 5.32 Å². The summed E-state index contributed by atoms with van der Waals surface area (Å²) >= 11 is 0. The molecule has 21 heavy (non-hydrogen) atoms. The van der Waals surface area contributed by atoms with Crippen molar-refractivity contribution in [3.05, 3.63) is 64.2 Å². The van der Waals surface area contributed by atoms with Gasteiger partial charge in [0.25, 0.3) is 5.91 Å². The van der Waals surface area contributed by atoms with Crippen molar-refractivity contribution in [1.29, 1.82) is 0 Å². The molecule has 108 valence electrons. The van der Waals surface area contributed by atoms with Crippen LogP contribution in [-0.4, -0.2) is 17.0 Å². The van der Waals surface area contributed by atoms with E-state index < -0.39 is 5.97 Å². The van der Waals surface area contributed by atoms with E-state index in [-0.39, 0.29) is 11.5 Å². The Morgan fingerprint density at radius 3 is 2.10 bits per heavy atom. The molecule has 0 unspecified atom stereocenters. The number of hydrogen-bond acceptors (Lipinski definition) is 2. The van der Waals surface area contributed by atoms with Crippen molar-refractivity contribution in [2.75, 3.05) is 5.32 Å². The van der Waals surface area contributed by atoms with E-state index in [1.54, 1.807) is 19.1 Å². The molecule has 2 aromatic carbocycles. The lowest BCUT2D eigenvalue weighted by molar-refractivity contribution is 0.0696. The molecule has 0 aliphatic carbocycles. The van der Waals surface area contributed by atoms with Gasteiger partial charge in [0.05, 0.1) is 5.56 Å². The van der Waals surface area contributed by atoms with Gasteiger partial charge in [-0.2, -0.15) is 0 Å². The Morgan fingerprint density at radius 1 is 0.952 bits per heavy atom. The van der Waals surface area contributed by atoms with Crippen molar-refractivity contribution in [2.24, 2.45) is 0 Å². The van der Waals surface area contributed by atoms with Gasteiger partial charge in [-0.1, -0.05) is 17.2 Å².